The molecular weight excluding hydrogens is 507 g/mol. The molecule has 40 heavy (non-hydrogen) atoms. The molecule has 6 heterocycles. The lowest BCUT2D eigenvalue weighted by Gasteiger charge is -2.37. The molecule has 3 aliphatic heterocycles. The van der Waals surface area contributed by atoms with Crippen LogP contribution in [-0.4, -0.2) is 89.6 Å². The van der Waals surface area contributed by atoms with Crippen molar-refractivity contribution in [3.63, 3.8) is 0 Å². The summed E-state index contributed by atoms with van der Waals surface area (Å²) in [6.07, 6.45) is 4.14. The molecule has 9 nitrogen and oxygen atoms in total. The number of nitrogens with zero attached hydrogens (tertiary/aromatic N) is 7. The minimum atomic E-state index is -0.201. The molecule has 1 unspecified atom stereocenters. The van der Waals surface area contributed by atoms with Crippen LogP contribution in [-0.2, 0) is 4.74 Å². The Morgan fingerprint density at radius 2 is 1.88 bits per heavy atom. The third kappa shape index (κ3) is 5.14. The van der Waals surface area contributed by atoms with Crippen molar-refractivity contribution in [1.82, 2.24) is 29.8 Å². The van der Waals surface area contributed by atoms with Crippen LogP contribution in [0.5, 0.6) is 0 Å². The van der Waals surface area contributed by atoms with Crippen LogP contribution in [0.2, 0.25) is 0 Å². The first-order valence-electron chi connectivity index (χ1n) is 14.4. The fraction of sp³-hybridized carbons (Fsp3) is 0.433. The zero-order valence-corrected chi connectivity index (χ0v) is 22.6. The van der Waals surface area contributed by atoms with Crippen LogP contribution in [0.25, 0.3) is 17.0 Å². The van der Waals surface area contributed by atoms with E-state index >= 15 is 0 Å². The standard InChI is InChI=1S/C30H35FN8O/c31-23-5-1-4-22(18-23)26-7-3-12-38(26)30-10-9-28-33-20-27(39(28)35-30)25-6-2-8-29(34-25)37-15-13-36(14-16-37)21-24-19-32-11-17-40-24/h1-2,4-6,8-10,18,20,24,26,32H,3,7,11-17,19,21H2/t24?,26-/m1/s1. The van der Waals surface area contributed by atoms with Crippen LogP contribution in [0.4, 0.5) is 16.0 Å². The van der Waals surface area contributed by atoms with E-state index < -0.39 is 0 Å². The molecule has 3 aliphatic rings. The summed E-state index contributed by atoms with van der Waals surface area (Å²) in [7, 11) is 0. The molecule has 0 saturated carbocycles. The van der Waals surface area contributed by atoms with Crippen molar-refractivity contribution in [2.24, 2.45) is 0 Å². The van der Waals surface area contributed by atoms with Gasteiger partial charge in [-0.3, -0.25) is 4.90 Å². The number of morpholine rings is 1. The Kier molecular flexibility index (Phi) is 7.05. The van der Waals surface area contributed by atoms with Gasteiger partial charge in [0.05, 0.1) is 30.6 Å². The number of imidazole rings is 1. The zero-order chi connectivity index (χ0) is 26.9. The Morgan fingerprint density at radius 1 is 0.975 bits per heavy atom. The van der Waals surface area contributed by atoms with Gasteiger partial charge in [0, 0.05) is 52.4 Å². The summed E-state index contributed by atoms with van der Waals surface area (Å²) in [6.45, 7) is 8.39. The lowest BCUT2D eigenvalue weighted by Crippen LogP contribution is -2.52. The van der Waals surface area contributed by atoms with Crippen LogP contribution in [0.15, 0.2) is 60.8 Å². The fourth-order valence-electron chi connectivity index (χ4n) is 6.22. The van der Waals surface area contributed by atoms with E-state index in [0.717, 1.165) is 106 Å². The third-order valence-corrected chi connectivity index (χ3v) is 8.29. The SMILES string of the molecule is Fc1cccc([C@H]2CCCN2c2ccc3ncc(-c4cccc(N5CCN(CC6CNCCO6)CC5)n4)n3n2)c1. The predicted molar refractivity (Wildman–Crippen MR) is 153 cm³/mol. The van der Waals surface area contributed by atoms with E-state index in [2.05, 4.69) is 37.1 Å². The van der Waals surface area contributed by atoms with Crippen molar-refractivity contribution < 1.29 is 9.13 Å². The number of piperazine rings is 1. The van der Waals surface area contributed by atoms with Crippen molar-refractivity contribution in [3.8, 4) is 11.4 Å². The van der Waals surface area contributed by atoms with Gasteiger partial charge in [0.2, 0.25) is 0 Å². The lowest BCUT2D eigenvalue weighted by molar-refractivity contribution is 0.00463. The smallest absolute Gasteiger partial charge is 0.154 e. The number of halogens is 1. The fourth-order valence-corrected chi connectivity index (χ4v) is 6.22. The van der Waals surface area contributed by atoms with Gasteiger partial charge >= 0.3 is 0 Å². The van der Waals surface area contributed by atoms with Crippen molar-refractivity contribution in [2.45, 2.75) is 25.0 Å². The molecule has 208 valence electrons. The molecule has 7 rings (SSSR count). The van der Waals surface area contributed by atoms with Gasteiger partial charge in [0.25, 0.3) is 0 Å². The van der Waals surface area contributed by atoms with E-state index in [9.17, 15) is 4.39 Å². The van der Waals surface area contributed by atoms with Crippen LogP contribution >= 0.6 is 0 Å². The molecule has 1 N–H and O–H groups in total. The number of anilines is 2. The van der Waals surface area contributed by atoms with Gasteiger partial charge in [-0.1, -0.05) is 18.2 Å². The molecule has 2 atom stereocenters. The van der Waals surface area contributed by atoms with Gasteiger partial charge < -0.3 is 19.9 Å². The Bertz CT molecular complexity index is 1460. The minimum absolute atomic E-state index is 0.105. The van der Waals surface area contributed by atoms with Gasteiger partial charge in [0.1, 0.15) is 23.1 Å². The summed E-state index contributed by atoms with van der Waals surface area (Å²) in [6, 6.07) is 17.2. The number of benzene rings is 1. The van der Waals surface area contributed by atoms with Crippen LogP contribution < -0.4 is 15.1 Å². The molecule has 3 aromatic heterocycles. The van der Waals surface area contributed by atoms with E-state index in [-0.39, 0.29) is 18.0 Å². The van der Waals surface area contributed by atoms with E-state index in [0.29, 0.717) is 0 Å². The molecule has 3 saturated heterocycles. The molecule has 0 spiro atoms. The number of aromatic nitrogens is 4. The van der Waals surface area contributed by atoms with Gasteiger partial charge in [0.15, 0.2) is 5.65 Å². The van der Waals surface area contributed by atoms with E-state index in [1.54, 1.807) is 12.1 Å². The first-order valence-corrected chi connectivity index (χ1v) is 14.4. The van der Waals surface area contributed by atoms with Crippen molar-refractivity contribution >= 4 is 17.3 Å². The molecule has 1 aromatic carbocycles. The Balaban J connectivity index is 1.09. The highest BCUT2D eigenvalue weighted by molar-refractivity contribution is 5.62. The number of fused-ring (bicyclic) bond motifs is 1. The Labute approximate surface area is 233 Å². The molecule has 0 radical (unpaired) electrons. The number of hydrogen-bond donors (Lipinski definition) is 1. The summed E-state index contributed by atoms with van der Waals surface area (Å²) < 4.78 is 21.8. The molecule has 3 fully saturated rings. The quantitative estimate of drug-likeness (QED) is 0.398. The average molecular weight is 543 g/mol. The topological polar surface area (TPSA) is 74.1 Å². The van der Waals surface area contributed by atoms with Gasteiger partial charge in [-0.25, -0.2) is 18.9 Å². The van der Waals surface area contributed by atoms with Gasteiger partial charge in [-0.2, -0.15) is 0 Å². The third-order valence-electron chi connectivity index (χ3n) is 8.29. The van der Waals surface area contributed by atoms with E-state index in [4.69, 9.17) is 14.8 Å². The number of ether oxygens (including phenoxy) is 1. The van der Waals surface area contributed by atoms with E-state index in [1.165, 1.54) is 6.07 Å². The second-order valence-electron chi connectivity index (χ2n) is 10.9. The maximum atomic E-state index is 14.0. The van der Waals surface area contributed by atoms with Crippen LogP contribution in [0.3, 0.4) is 0 Å². The van der Waals surface area contributed by atoms with Gasteiger partial charge in [-0.05, 0) is 54.8 Å². The van der Waals surface area contributed by atoms with Crippen molar-refractivity contribution in [1.29, 1.82) is 0 Å². The Morgan fingerprint density at radius 3 is 2.73 bits per heavy atom. The van der Waals surface area contributed by atoms with Crippen LogP contribution in [0, 0.1) is 5.82 Å². The van der Waals surface area contributed by atoms with Crippen LogP contribution in [0.1, 0.15) is 24.4 Å². The average Bonchev–Trinajstić information content (AvgIpc) is 3.66. The summed E-state index contributed by atoms with van der Waals surface area (Å²) in [5.74, 6) is 1.64. The maximum absolute atomic E-state index is 14.0. The minimum Gasteiger partial charge on any atom is -0.374 e. The highest BCUT2D eigenvalue weighted by Crippen LogP contribution is 2.35. The maximum Gasteiger partial charge on any atom is 0.154 e. The van der Waals surface area contributed by atoms with E-state index in [1.807, 2.05) is 35.0 Å². The number of rotatable bonds is 6. The second kappa shape index (κ2) is 11.1. The first kappa shape index (κ1) is 25.4. The van der Waals surface area contributed by atoms with Gasteiger partial charge in [-0.15, -0.1) is 5.10 Å². The molecule has 0 amide bonds. The summed E-state index contributed by atoms with van der Waals surface area (Å²) in [5, 5.41) is 8.43. The normalized spacial score (nSPS) is 22.3. The monoisotopic (exact) mass is 542 g/mol. The zero-order valence-electron chi connectivity index (χ0n) is 22.6. The van der Waals surface area contributed by atoms with Crippen molar-refractivity contribution in [3.05, 3.63) is 72.2 Å². The van der Waals surface area contributed by atoms with Crippen molar-refractivity contribution in [2.75, 3.05) is 68.8 Å². The highest BCUT2D eigenvalue weighted by atomic mass is 19.1. The molecule has 0 bridgehead atoms. The molecular formula is C30H35FN8O. The summed E-state index contributed by atoms with van der Waals surface area (Å²) >= 11 is 0. The largest absolute Gasteiger partial charge is 0.374 e. The predicted octanol–water partition coefficient (Wildman–Crippen LogP) is 3.38. The molecule has 4 aromatic rings. The second-order valence-corrected chi connectivity index (χ2v) is 10.9. The Hall–Kier alpha value is -3.60. The number of hydrogen-bond acceptors (Lipinski definition) is 8. The number of pyridine rings is 1. The number of nitrogens with one attached hydrogen (secondary N) is 1. The highest BCUT2D eigenvalue weighted by Gasteiger charge is 2.28. The molecule has 0 aliphatic carbocycles. The first-order chi connectivity index (χ1) is 19.7. The summed E-state index contributed by atoms with van der Waals surface area (Å²) in [5.41, 5.74) is 3.48. The molecule has 10 heteroatoms. The lowest BCUT2D eigenvalue weighted by atomic mass is 10.0. The summed E-state index contributed by atoms with van der Waals surface area (Å²) in [4.78, 5) is 16.8.